The maximum absolute atomic E-state index is 13.2. The topological polar surface area (TPSA) is 113 Å². The molecule has 2 N–H and O–H groups in total. The van der Waals surface area contributed by atoms with Crippen molar-refractivity contribution >= 4 is 38.9 Å². The summed E-state index contributed by atoms with van der Waals surface area (Å²) < 4.78 is 29.9. The Hall–Kier alpha value is -3.66. The van der Waals surface area contributed by atoms with Gasteiger partial charge in [-0.15, -0.1) is 0 Å². The molecule has 0 saturated carbocycles. The van der Waals surface area contributed by atoms with Crippen LogP contribution in [0.4, 0.5) is 0 Å². The number of amides is 1. The first-order chi connectivity index (χ1) is 19.5. The molecule has 5 rings (SSSR count). The molecule has 1 spiro atoms. The lowest BCUT2D eigenvalue weighted by Gasteiger charge is -2.38. The number of hydrogen-bond acceptors (Lipinski definition) is 7. The van der Waals surface area contributed by atoms with Crippen LogP contribution in [0.25, 0.3) is 16.7 Å². The predicted molar refractivity (Wildman–Crippen MR) is 157 cm³/mol. The van der Waals surface area contributed by atoms with E-state index in [9.17, 15) is 23.1 Å². The number of piperidine rings is 1. The highest BCUT2D eigenvalue weighted by Crippen LogP contribution is 2.44. The van der Waals surface area contributed by atoms with E-state index in [1.807, 2.05) is 35.2 Å². The monoisotopic (exact) mass is 594 g/mol. The van der Waals surface area contributed by atoms with Gasteiger partial charge in [-0.2, -0.15) is 0 Å². The first-order valence-electron chi connectivity index (χ1n) is 13.3. The molecule has 0 bridgehead atoms. The van der Waals surface area contributed by atoms with Crippen LogP contribution in [0.2, 0.25) is 5.02 Å². The number of nitrogens with one attached hydrogen (secondary N) is 1. The van der Waals surface area contributed by atoms with Crippen LogP contribution >= 0.6 is 11.6 Å². The third kappa shape index (κ3) is 6.02. The quantitative estimate of drug-likeness (QED) is 0.381. The molecule has 1 amide bonds. The Balaban J connectivity index is 1.37. The van der Waals surface area contributed by atoms with E-state index < -0.39 is 21.4 Å². The van der Waals surface area contributed by atoms with Gasteiger partial charge >= 0.3 is 5.97 Å². The zero-order valence-electron chi connectivity index (χ0n) is 22.8. The fraction of sp³-hybridized carbons (Fsp3) is 0.290. The summed E-state index contributed by atoms with van der Waals surface area (Å²) in [7, 11) is -3.41. The van der Waals surface area contributed by atoms with Crippen molar-refractivity contribution in [2.75, 3.05) is 25.9 Å². The van der Waals surface area contributed by atoms with E-state index in [0.717, 1.165) is 11.8 Å². The van der Waals surface area contributed by atoms with Gasteiger partial charge in [0, 0.05) is 29.9 Å². The summed E-state index contributed by atoms with van der Waals surface area (Å²) in [5.74, 6) is -0.969. The SMILES string of the molecule is Cc1cc(-c2cccc(S(C)(=O)=O)c2)c(Cl)cc1C1=C(O)C2(CCCN(CC(=O)NCc3ccccc3)C2)OC1=O. The summed E-state index contributed by atoms with van der Waals surface area (Å²) >= 11 is 6.65. The van der Waals surface area contributed by atoms with Crippen molar-refractivity contribution in [1.82, 2.24) is 10.2 Å². The largest absolute Gasteiger partial charge is 0.507 e. The van der Waals surface area contributed by atoms with Gasteiger partial charge in [0.25, 0.3) is 0 Å². The van der Waals surface area contributed by atoms with Gasteiger partial charge in [0.15, 0.2) is 21.2 Å². The number of esters is 1. The number of carbonyl (C=O) groups is 2. The zero-order valence-corrected chi connectivity index (χ0v) is 24.4. The van der Waals surface area contributed by atoms with Gasteiger partial charge in [-0.1, -0.05) is 54.1 Å². The van der Waals surface area contributed by atoms with E-state index in [1.54, 1.807) is 37.3 Å². The summed E-state index contributed by atoms with van der Waals surface area (Å²) in [6.45, 7) is 3.14. The first kappa shape index (κ1) is 28.9. The molecule has 1 atom stereocenters. The highest BCUT2D eigenvalue weighted by molar-refractivity contribution is 7.90. The molecular formula is C31H31ClN2O6S. The molecule has 1 saturated heterocycles. The number of nitrogens with zero attached hydrogens (tertiary/aromatic N) is 1. The molecule has 3 aromatic carbocycles. The number of likely N-dealkylation sites (tertiary alicyclic amines) is 1. The molecule has 3 aromatic rings. The maximum Gasteiger partial charge on any atom is 0.343 e. The molecule has 8 nitrogen and oxygen atoms in total. The number of halogens is 1. The Kier molecular flexibility index (Phi) is 7.96. The molecule has 0 radical (unpaired) electrons. The minimum atomic E-state index is -3.41. The Morgan fingerprint density at radius 1 is 1.10 bits per heavy atom. The Labute approximate surface area is 244 Å². The molecule has 2 heterocycles. The molecule has 0 aromatic heterocycles. The van der Waals surface area contributed by atoms with Crippen LogP contribution < -0.4 is 5.32 Å². The number of sulfone groups is 1. The Morgan fingerprint density at radius 3 is 2.59 bits per heavy atom. The average Bonchev–Trinajstić information content (AvgIpc) is 3.16. The number of hydrogen-bond donors (Lipinski definition) is 2. The highest BCUT2D eigenvalue weighted by atomic mass is 35.5. The molecule has 2 aliphatic heterocycles. The number of aliphatic hydroxyl groups is 1. The van der Waals surface area contributed by atoms with Crippen LogP contribution in [0, 0.1) is 6.92 Å². The van der Waals surface area contributed by atoms with Gasteiger partial charge in [-0.05, 0) is 72.8 Å². The summed E-state index contributed by atoms with van der Waals surface area (Å²) in [6.07, 6.45) is 2.20. The second-order valence-electron chi connectivity index (χ2n) is 10.6. The Morgan fingerprint density at radius 2 is 1.85 bits per heavy atom. The molecule has 10 heteroatoms. The van der Waals surface area contributed by atoms with E-state index in [4.69, 9.17) is 16.3 Å². The van der Waals surface area contributed by atoms with Crippen LogP contribution in [0.15, 0.2) is 77.4 Å². The molecule has 214 valence electrons. The standard InChI is InChI=1S/C31H31ClN2O6S/c1-20-14-25(22-10-6-11-23(15-22)41(2,38)39)26(32)16-24(20)28-29(36)31(40-30(28)37)12-7-13-34(19-31)18-27(35)33-17-21-8-4-3-5-9-21/h3-6,8-11,14-16,36H,7,12-13,17-19H2,1-2H3,(H,33,35). The molecule has 0 aliphatic carbocycles. The predicted octanol–water partition coefficient (Wildman–Crippen LogP) is 4.70. The van der Waals surface area contributed by atoms with Crippen LogP contribution in [0.1, 0.15) is 29.5 Å². The van der Waals surface area contributed by atoms with Gasteiger partial charge in [0.1, 0.15) is 5.57 Å². The van der Waals surface area contributed by atoms with E-state index >= 15 is 0 Å². The van der Waals surface area contributed by atoms with Gasteiger partial charge in [-0.3, -0.25) is 9.69 Å². The normalized spacial score (nSPS) is 19.4. The number of benzene rings is 3. The molecule has 1 unspecified atom stereocenters. The molecular weight excluding hydrogens is 564 g/mol. The fourth-order valence-electron chi connectivity index (χ4n) is 5.48. The second-order valence-corrected chi connectivity index (χ2v) is 13.1. The molecule has 1 fully saturated rings. The average molecular weight is 595 g/mol. The van der Waals surface area contributed by atoms with Crippen LogP contribution in [-0.4, -0.2) is 61.8 Å². The van der Waals surface area contributed by atoms with Crippen molar-refractivity contribution < 1.29 is 27.9 Å². The lowest BCUT2D eigenvalue weighted by atomic mass is 9.87. The maximum atomic E-state index is 13.2. The van der Waals surface area contributed by atoms with Crippen molar-refractivity contribution in [3.05, 3.63) is 94.2 Å². The molecule has 41 heavy (non-hydrogen) atoms. The minimum absolute atomic E-state index is 0.0521. The number of carbonyl (C=O) groups excluding carboxylic acids is 2. The van der Waals surface area contributed by atoms with Crippen molar-refractivity contribution in [2.24, 2.45) is 0 Å². The van der Waals surface area contributed by atoms with Crippen molar-refractivity contribution in [2.45, 2.75) is 36.8 Å². The van der Waals surface area contributed by atoms with Crippen LogP contribution in [0.5, 0.6) is 0 Å². The highest BCUT2D eigenvalue weighted by Gasteiger charge is 2.51. The first-order valence-corrected chi connectivity index (χ1v) is 15.5. The van der Waals surface area contributed by atoms with E-state index in [0.29, 0.717) is 53.2 Å². The van der Waals surface area contributed by atoms with E-state index in [-0.39, 0.29) is 35.2 Å². The second kappa shape index (κ2) is 11.3. The third-order valence-electron chi connectivity index (χ3n) is 7.55. The summed E-state index contributed by atoms with van der Waals surface area (Å²) in [5, 5.41) is 14.6. The van der Waals surface area contributed by atoms with Gasteiger partial charge in [0.2, 0.25) is 5.91 Å². The zero-order chi connectivity index (χ0) is 29.4. The van der Waals surface area contributed by atoms with E-state index in [1.165, 1.54) is 6.07 Å². The fourth-order valence-corrected chi connectivity index (χ4v) is 6.42. The number of rotatable bonds is 7. The van der Waals surface area contributed by atoms with Crippen LogP contribution in [-0.2, 0) is 30.7 Å². The third-order valence-corrected chi connectivity index (χ3v) is 8.97. The summed E-state index contributed by atoms with van der Waals surface area (Å²) in [4.78, 5) is 27.9. The number of aliphatic hydroxyl groups excluding tert-OH is 1. The molecule has 2 aliphatic rings. The van der Waals surface area contributed by atoms with Gasteiger partial charge < -0.3 is 15.2 Å². The van der Waals surface area contributed by atoms with Crippen LogP contribution in [0.3, 0.4) is 0 Å². The summed E-state index contributed by atoms with van der Waals surface area (Å²) in [6, 6.07) is 19.5. The minimum Gasteiger partial charge on any atom is -0.507 e. The lowest BCUT2D eigenvalue weighted by molar-refractivity contribution is -0.152. The van der Waals surface area contributed by atoms with Gasteiger partial charge in [-0.25, -0.2) is 13.2 Å². The smallest absolute Gasteiger partial charge is 0.343 e. The number of aryl methyl sites for hydroxylation is 1. The Bertz CT molecular complexity index is 1650. The lowest BCUT2D eigenvalue weighted by Crippen LogP contribution is -2.52. The number of ether oxygens (including phenoxy) is 1. The van der Waals surface area contributed by atoms with Gasteiger partial charge in [0.05, 0.1) is 11.4 Å². The van der Waals surface area contributed by atoms with E-state index in [2.05, 4.69) is 5.32 Å². The van der Waals surface area contributed by atoms with Crippen molar-refractivity contribution in [1.29, 1.82) is 0 Å². The van der Waals surface area contributed by atoms with Crippen molar-refractivity contribution in [3.63, 3.8) is 0 Å². The summed E-state index contributed by atoms with van der Waals surface area (Å²) in [5.41, 5.74) is 2.12. The van der Waals surface area contributed by atoms with Crippen molar-refractivity contribution in [3.8, 4) is 11.1 Å².